The third kappa shape index (κ3) is 7.53. The summed E-state index contributed by atoms with van der Waals surface area (Å²) >= 11 is 0. The third-order valence-corrected chi connectivity index (χ3v) is 6.08. The largest absolute Gasteiger partial charge is 0.381 e. The lowest BCUT2D eigenvalue weighted by molar-refractivity contribution is -0.137. The number of likely N-dealkylation sites (tertiary alicyclic amines) is 2. The fraction of sp³-hybridized carbons (Fsp3) is 0.952. The topological polar surface area (TPSA) is 42.0 Å². The molecule has 0 spiro atoms. The molecule has 2 rings (SSSR count). The molecule has 0 atom stereocenters. The molecule has 0 unspecified atom stereocenters. The molecule has 2 saturated heterocycles. The number of amides is 1. The quantitative estimate of drug-likeness (QED) is 0.556. The fourth-order valence-corrected chi connectivity index (χ4v) is 3.99. The van der Waals surface area contributed by atoms with Crippen molar-refractivity contribution in [3.05, 3.63) is 0 Å². The van der Waals surface area contributed by atoms with Gasteiger partial charge in [-0.2, -0.15) is 0 Å². The Bertz CT molecular complexity index is 387. The Morgan fingerprint density at radius 3 is 2.19 bits per heavy atom. The molecule has 26 heavy (non-hydrogen) atoms. The molecule has 5 nitrogen and oxygen atoms in total. The molecule has 5 heteroatoms. The second-order valence-electron chi connectivity index (χ2n) is 8.29. The summed E-state index contributed by atoms with van der Waals surface area (Å²) in [5.41, 5.74) is 0. The first-order chi connectivity index (χ1) is 12.6. The lowest BCUT2D eigenvalue weighted by Gasteiger charge is -2.34. The standard InChI is InChI=1S/C21H40N2O3/c1-4-19-6-12-23(13-7-19)21(24)17-26-15-5-14-25-16-20-8-10-22(11-9-20)18(2)3/h18-20H,4-17H2,1-3H3. The molecule has 0 saturated carbocycles. The molecular formula is C21H40N2O3. The van der Waals surface area contributed by atoms with Gasteiger partial charge >= 0.3 is 0 Å². The summed E-state index contributed by atoms with van der Waals surface area (Å²) in [6.45, 7) is 13.4. The summed E-state index contributed by atoms with van der Waals surface area (Å²) in [5, 5.41) is 0. The summed E-state index contributed by atoms with van der Waals surface area (Å²) in [6.07, 6.45) is 6.89. The van der Waals surface area contributed by atoms with Crippen molar-refractivity contribution in [3.8, 4) is 0 Å². The van der Waals surface area contributed by atoms with E-state index < -0.39 is 0 Å². The van der Waals surface area contributed by atoms with Gasteiger partial charge in [0.15, 0.2) is 0 Å². The van der Waals surface area contributed by atoms with Crippen LogP contribution < -0.4 is 0 Å². The molecule has 0 aliphatic carbocycles. The van der Waals surface area contributed by atoms with Gasteiger partial charge in [0.1, 0.15) is 6.61 Å². The normalized spacial score (nSPS) is 20.8. The summed E-state index contributed by atoms with van der Waals surface area (Å²) < 4.78 is 11.4. The fourth-order valence-electron chi connectivity index (χ4n) is 3.99. The maximum absolute atomic E-state index is 12.1. The van der Waals surface area contributed by atoms with Gasteiger partial charge in [-0.15, -0.1) is 0 Å². The Balaban J connectivity index is 1.42. The van der Waals surface area contributed by atoms with Crippen LogP contribution in [0.1, 0.15) is 59.3 Å². The van der Waals surface area contributed by atoms with Crippen LogP contribution in [0.15, 0.2) is 0 Å². The SMILES string of the molecule is CCC1CCN(C(=O)COCCCOCC2CCN(C(C)C)CC2)CC1. The van der Waals surface area contributed by atoms with Crippen LogP contribution in [0.4, 0.5) is 0 Å². The number of carbonyl (C=O) groups is 1. The Morgan fingerprint density at radius 2 is 1.58 bits per heavy atom. The van der Waals surface area contributed by atoms with E-state index in [2.05, 4.69) is 25.7 Å². The Kier molecular flexibility index (Phi) is 9.94. The van der Waals surface area contributed by atoms with E-state index in [1.54, 1.807) is 0 Å². The maximum Gasteiger partial charge on any atom is 0.248 e. The van der Waals surface area contributed by atoms with Crippen molar-refractivity contribution in [2.45, 2.75) is 65.3 Å². The van der Waals surface area contributed by atoms with Crippen molar-refractivity contribution in [2.24, 2.45) is 11.8 Å². The van der Waals surface area contributed by atoms with Gasteiger partial charge < -0.3 is 19.3 Å². The Morgan fingerprint density at radius 1 is 0.962 bits per heavy atom. The van der Waals surface area contributed by atoms with Gasteiger partial charge in [-0.1, -0.05) is 13.3 Å². The Hall–Kier alpha value is -0.650. The highest BCUT2D eigenvalue weighted by atomic mass is 16.5. The predicted octanol–water partition coefficient (Wildman–Crippen LogP) is 3.18. The first kappa shape index (κ1) is 21.6. The average molecular weight is 369 g/mol. The molecule has 0 aromatic heterocycles. The highest BCUT2D eigenvalue weighted by Gasteiger charge is 2.22. The van der Waals surface area contributed by atoms with Gasteiger partial charge in [0.25, 0.3) is 0 Å². The zero-order valence-electron chi connectivity index (χ0n) is 17.3. The molecule has 2 heterocycles. The number of carbonyl (C=O) groups excluding carboxylic acids is 1. The van der Waals surface area contributed by atoms with Crippen molar-refractivity contribution in [2.75, 3.05) is 52.6 Å². The number of hydrogen-bond acceptors (Lipinski definition) is 4. The van der Waals surface area contributed by atoms with Crippen molar-refractivity contribution in [1.82, 2.24) is 9.80 Å². The second-order valence-corrected chi connectivity index (χ2v) is 8.29. The number of ether oxygens (including phenoxy) is 2. The maximum atomic E-state index is 12.1. The molecule has 0 aromatic rings. The Labute approximate surface area is 160 Å². The van der Waals surface area contributed by atoms with E-state index in [0.29, 0.717) is 18.6 Å². The van der Waals surface area contributed by atoms with E-state index in [1.807, 2.05) is 4.90 Å². The monoisotopic (exact) mass is 368 g/mol. The minimum absolute atomic E-state index is 0.150. The second kappa shape index (κ2) is 11.9. The van der Waals surface area contributed by atoms with Crippen LogP contribution >= 0.6 is 0 Å². The van der Waals surface area contributed by atoms with Crippen LogP contribution in [0.2, 0.25) is 0 Å². The molecule has 0 N–H and O–H groups in total. The van der Waals surface area contributed by atoms with Gasteiger partial charge in [0, 0.05) is 39.0 Å². The third-order valence-electron chi connectivity index (χ3n) is 6.08. The van der Waals surface area contributed by atoms with Crippen LogP contribution in [-0.2, 0) is 14.3 Å². The highest BCUT2D eigenvalue weighted by molar-refractivity contribution is 5.77. The number of piperidine rings is 2. The lowest BCUT2D eigenvalue weighted by Crippen LogP contribution is -2.40. The van der Waals surface area contributed by atoms with E-state index in [1.165, 1.54) is 32.4 Å². The van der Waals surface area contributed by atoms with E-state index in [9.17, 15) is 4.79 Å². The van der Waals surface area contributed by atoms with E-state index in [0.717, 1.165) is 51.5 Å². The van der Waals surface area contributed by atoms with Crippen LogP contribution in [0, 0.1) is 11.8 Å². The van der Waals surface area contributed by atoms with Crippen molar-refractivity contribution in [1.29, 1.82) is 0 Å². The minimum Gasteiger partial charge on any atom is -0.381 e. The first-order valence-electron chi connectivity index (χ1n) is 10.8. The summed E-state index contributed by atoms with van der Waals surface area (Å²) in [6, 6.07) is 0.662. The zero-order chi connectivity index (χ0) is 18.8. The number of nitrogens with zero attached hydrogens (tertiary/aromatic N) is 2. The van der Waals surface area contributed by atoms with Gasteiger partial charge in [-0.25, -0.2) is 0 Å². The van der Waals surface area contributed by atoms with Crippen molar-refractivity contribution in [3.63, 3.8) is 0 Å². The van der Waals surface area contributed by atoms with E-state index in [4.69, 9.17) is 9.47 Å². The molecule has 2 aliphatic heterocycles. The molecule has 0 aromatic carbocycles. The summed E-state index contributed by atoms with van der Waals surface area (Å²) in [7, 11) is 0. The molecule has 152 valence electrons. The summed E-state index contributed by atoms with van der Waals surface area (Å²) in [4.78, 5) is 16.6. The van der Waals surface area contributed by atoms with Crippen LogP contribution in [-0.4, -0.2) is 74.4 Å². The van der Waals surface area contributed by atoms with Crippen molar-refractivity contribution >= 4 is 5.91 Å². The molecule has 2 fully saturated rings. The predicted molar refractivity (Wildman–Crippen MR) is 105 cm³/mol. The van der Waals surface area contributed by atoms with Crippen LogP contribution in [0.25, 0.3) is 0 Å². The smallest absolute Gasteiger partial charge is 0.248 e. The molecule has 0 bridgehead atoms. The number of rotatable bonds is 10. The van der Waals surface area contributed by atoms with Crippen LogP contribution in [0.3, 0.4) is 0 Å². The van der Waals surface area contributed by atoms with Gasteiger partial charge in [-0.3, -0.25) is 4.79 Å². The average Bonchev–Trinajstić information content (AvgIpc) is 2.67. The van der Waals surface area contributed by atoms with E-state index >= 15 is 0 Å². The highest BCUT2D eigenvalue weighted by Crippen LogP contribution is 2.20. The molecule has 2 aliphatic rings. The van der Waals surface area contributed by atoms with Gasteiger partial charge in [-0.05, 0) is 70.9 Å². The van der Waals surface area contributed by atoms with Crippen molar-refractivity contribution < 1.29 is 14.3 Å². The van der Waals surface area contributed by atoms with E-state index in [-0.39, 0.29) is 12.5 Å². The van der Waals surface area contributed by atoms with Crippen LogP contribution in [0.5, 0.6) is 0 Å². The van der Waals surface area contributed by atoms with Gasteiger partial charge in [0.05, 0.1) is 0 Å². The summed E-state index contributed by atoms with van der Waals surface area (Å²) in [5.74, 6) is 1.66. The minimum atomic E-state index is 0.150. The zero-order valence-corrected chi connectivity index (χ0v) is 17.3. The van der Waals surface area contributed by atoms with Gasteiger partial charge in [0.2, 0.25) is 5.91 Å². The number of hydrogen-bond donors (Lipinski definition) is 0. The lowest BCUT2D eigenvalue weighted by atomic mass is 9.94. The molecule has 0 radical (unpaired) electrons. The first-order valence-corrected chi connectivity index (χ1v) is 10.8. The molecule has 1 amide bonds. The molecular weight excluding hydrogens is 328 g/mol.